The lowest BCUT2D eigenvalue weighted by atomic mass is 10.3. The van der Waals surface area contributed by atoms with Crippen LogP contribution >= 0.6 is 11.6 Å². The molecule has 2 rings (SSSR count). The van der Waals surface area contributed by atoms with Gasteiger partial charge in [0.2, 0.25) is 0 Å². The number of aromatic nitrogens is 2. The minimum Gasteiger partial charge on any atom is -0.486 e. The maximum Gasteiger partial charge on any atom is 0.165 e. The van der Waals surface area contributed by atoms with Crippen molar-refractivity contribution in [2.24, 2.45) is 0 Å². The molecule has 0 saturated carbocycles. The van der Waals surface area contributed by atoms with Crippen LogP contribution in [0.3, 0.4) is 0 Å². The second kappa shape index (κ2) is 2.92. The van der Waals surface area contributed by atoms with E-state index in [2.05, 4.69) is 17.1 Å². The number of nitrogens with one attached hydrogen (secondary N) is 1. The smallest absolute Gasteiger partial charge is 0.165 e. The fraction of sp³-hybridized carbons (Fsp3) is 0.111. The minimum absolute atomic E-state index is 0.517. The molecular formula is C9H8ClN2O. The molecule has 1 heterocycles. The van der Waals surface area contributed by atoms with E-state index < -0.39 is 0 Å². The number of aromatic amines is 1. The lowest BCUT2D eigenvalue weighted by Crippen LogP contribution is -1.83. The fourth-order valence-electron chi connectivity index (χ4n) is 1.29. The van der Waals surface area contributed by atoms with E-state index in [9.17, 15) is 0 Å². The molecule has 1 radical (unpaired) electrons. The van der Waals surface area contributed by atoms with Gasteiger partial charge in [0.25, 0.3) is 0 Å². The molecule has 13 heavy (non-hydrogen) atoms. The molecule has 0 fully saturated rings. The number of ether oxygens (including phenoxy) is 1. The van der Waals surface area contributed by atoms with Crippen LogP contribution in [0.15, 0.2) is 12.1 Å². The van der Waals surface area contributed by atoms with E-state index >= 15 is 0 Å². The Bertz CT molecular complexity index is 450. The van der Waals surface area contributed by atoms with Crippen molar-refractivity contribution in [3.63, 3.8) is 0 Å². The van der Waals surface area contributed by atoms with E-state index in [1.54, 1.807) is 6.07 Å². The van der Waals surface area contributed by atoms with Crippen molar-refractivity contribution in [1.82, 2.24) is 9.97 Å². The number of hydrogen-bond donors (Lipinski definition) is 1. The molecule has 0 aliphatic heterocycles. The maximum absolute atomic E-state index is 5.89. The molecule has 1 aromatic carbocycles. The number of aryl methyl sites for hydroxylation is 1. The number of nitrogens with zero attached hydrogens (tertiary/aromatic N) is 1. The third-order valence-electron chi connectivity index (χ3n) is 1.82. The molecule has 67 valence electrons. The van der Waals surface area contributed by atoms with Gasteiger partial charge in [-0.2, -0.15) is 0 Å². The normalized spacial score (nSPS) is 10.7. The van der Waals surface area contributed by atoms with Gasteiger partial charge in [0.05, 0.1) is 10.5 Å². The predicted octanol–water partition coefficient (Wildman–Crippen LogP) is 2.70. The van der Waals surface area contributed by atoms with Gasteiger partial charge in [-0.05, 0) is 19.1 Å². The van der Waals surface area contributed by atoms with Gasteiger partial charge in [0.1, 0.15) is 18.5 Å². The first-order valence-electron chi connectivity index (χ1n) is 3.79. The third kappa shape index (κ3) is 1.25. The summed E-state index contributed by atoms with van der Waals surface area (Å²) in [4.78, 5) is 7.32. The van der Waals surface area contributed by atoms with E-state index in [0.29, 0.717) is 10.8 Å². The van der Waals surface area contributed by atoms with Crippen molar-refractivity contribution >= 4 is 22.6 Å². The number of hydrogen-bond acceptors (Lipinski definition) is 2. The number of benzene rings is 1. The Kier molecular flexibility index (Phi) is 1.88. The average molecular weight is 196 g/mol. The predicted molar refractivity (Wildman–Crippen MR) is 51.8 cm³/mol. The van der Waals surface area contributed by atoms with Gasteiger partial charge in [-0.1, -0.05) is 11.6 Å². The lowest BCUT2D eigenvalue weighted by molar-refractivity contribution is 0.478. The highest BCUT2D eigenvalue weighted by Gasteiger charge is 2.09. The van der Waals surface area contributed by atoms with E-state index in [1.807, 2.05) is 13.0 Å². The molecule has 0 aliphatic carbocycles. The molecule has 2 aromatic rings. The summed E-state index contributed by atoms with van der Waals surface area (Å²) in [6.45, 7) is 1.88. The quantitative estimate of drug-likeness (QED) is 0.760. The van der Waals surface area contributed by atoms with Crippen molar-refractivity contribution in [1.29, 1.82) is 0 Å². The van der Waals surface area contributed by atoms with Gasteiger partial charge < -0.3 is 9.72 Å². The van der Waals surface area contributed by atoms with Crippen molar-refractivity contribution in [2.45, 2.75) is 6.92 Å². The van der Waals surface area contributed by atoms with Crippen molar-refractivity contribution in [3.05, 3.63) is 30.1 Å². The van der Waals surface area contributed by atoms with Crippen LogP contribution < -0.4 is 4.74 Å². The van der Waals surface area contributed by atoms with Crippen LogP contribution in [0.25, 0.3) is 11.0 Å². The SMILES string of the molecule is [CH2]Oc1c(Cl)ccc2[nH]c(C)nc12. The molecule has 0 aliphatic rings. The van der Waals surface area contributed by atoms with Crippen LogP contribution in [0, 0.1) is 14.0 Å². The van der Waals surface area contributed by atoms with Crippen molar-refractivity contribution in [2.75, 3.05) is 0 Å². The van der Waals surface area contributed by atoms with E-state index in [-0.39, 0.29) is 0 Å². The molecule has 1 N–H and O–H groups in total. The van der Waals surface area contributed by atoms with Gasteiger partial charge in [-0.3, -0.25) is 0 Å². The Morgan fingerprint density at radius 3 is 3.00 bits per heavy atom. The standard InChI is InChI=1S/C9H8ClN2O/c1-5-11-7-4-3-6(10)9(13-2)8(7)12-5/h3-4H,2H2,1H3,(H,11,12). The van der Waals surface area contributed by atoms with Crippen LogP contribution in [0.5, 0.6) is 5.75 Å². The number of fused-ring (bicyclic) bond motifs is 1. The highest BCUT2D eigenvalue weighted by atomic mass is 35.5. The third-order valence-corrected chi connectivity index (χ3v) is 2.12. The maximum atomic E-state index is 5.89. The van der Waals surface area contributed by atoms with Gasteiger partial charge in [0, 0.05) is 0 Å². The summed E-state index contributed by atoms with van der Waals surface area (Å²) in [6.07, 6.45) is 0. The minimum atomic E-state index is 0.517. The Labute approximate surface area is 80.7 Å². The monoisotopic (exact) mass is 195 g/mol. The van der Waals surface area contributed by atoms with Crippen LogP contribution in [0.4, 0.5) is 0 Å². The molecule has 0 spiro atoms. The van der Waals surface area contributed by atoms with Crippen LogP contribution in [0.1, 0.15) is 5.82 Å². The molecular weight excluding hydrogens is 188 g/mol. The lowest BCUT2D eigenvalue weighted by Gasteiger charge is -2.01. The first-order chi connectivity index (χ1) is 6.22. The van der Waals surface area contributed by atoms with Crippen molar-refractivity contribution in [3.8, 4) is 5.75 Å². The summed E-state index contributed by atoms with van der Waals surface area (Å²) >= 11 is 5.89. The van der Waals surface area contributed by atoms with E-state index in [0.717, 1.165) is 16.9 Å². The summed E-state index contributed by atoms with van der Waals surface area (Å²) < 4.78 is 4.91. The van der Waals surface area contributed by atoms with E-state index in [1.165, 1.54) is 0 Å². The fourth-order valence-corrected chi connectivity index (χ4v) is 1.49. The molecule has 0 atom stereocenters. The number of H-pyrrole nitrogens is 1. The van der Waals surface area contributed by atoms with Crippen molar-refractivity contribution < 1.29 is 4.74 Å². The van der Waals surface area contributed by atoms with Gasteiger partial charge >= 0.3 is 0 Å². The van der Waals surface area contributed by atoms with Gasteiger partial charge in [0.15, 0.2) is 5.75 Å². The zero-order valence-corrected chi connectivity index (χ0v) is 7.85. The molecule has 0 bridgehead atoms. The molecule has 0 amide bonds. The Hall–Kier alpha value is -1.22. The molecule has 4 heteroatoms. The molecule has 0 saturated heterocycles. The highest BCUT2D eigenvalue weighted by molar-refractivity contribution is 6.33. The second-order valence-corrected chi connectivity index (χ2v) is 3.15. The Morgan fingerprint density at radius 1 is 1.54 bits per heavy atom. The average Bonchev–Trinajstić information content (AvgIpc) is 2.45. The number of rotatable bonds is 1. The summed E-state index contributed by atoms with van der Waals surface area (Å²) in [5, 5.41) is 0.522. The topological polar surface area (TPSA) is 37.9 Å². The number of halogens is 1. The zero-order valence-electron chi connectivity index (χ0n) is 7.10. The Morgan fingerprint density at radius 2 is 2.31 bits per heavy atom. The first-order valence-corrected chi connectivity index (χ1v) is 4.17. The van der Waals surface area contributed by atoms with E-state index in [4.69, 9.17) is 16.3 Å². The zero-order chi connectivity index (χ0) is 9.42. The highest BCUT2D eigenvalue weighted by Crippen LogP contribution is 2.31. The first kappa shape index (κ1) is 8.38. The summed E-state index contributed by atoms with van der Waals surface area (Å²) in [5.41, 5.74) is 1.63. The molecule has 1 aromatic heterocycles. The molecule has 3 nitrogen and oxygen atoms in total. The summed E-state index contributed by atoms with van der Waals surface area (Å²) in [6, 6.07) is 3.61. The van der Waals surface area contributed by atoms with Crippen LogP contribution in [0.2, 0.25) is 5.02 Å². The molecule has 0 unspecified atom stereocenters. The van der Waals surface area contributed by atoms with Crippen LogP contribution in [-0.2, 0) is 0 Å². The second-order valence-electron chi connectivity index (χ2n) is 2.74. The summed E-state index contributed by atoms with van der Waals surface area (Å²) in [7, 11) is 3.34. The Balaban J connectivity index is 2.82. The summed E-state index contributed by atoms with van der Waals surface area (Å²) in [5.74, 6) is 1.35. The number of imidazole rings is 1. The van der Waals surface area contributed by atoms with Gasteiger partial charge in [-0.25, -0.2) is 4.98 Å². The van der Waals surface area contributed by atoms with Gasteiger partial charge in [-0.15, -0.1) is 0 Å². The van der Waals surface area contributed by atoms with Crippen LogP contribution in [-0.4, -0.2) is 9.97 Å². The largest absolute Gasteiger partial charge is 0.486 e.